The van der Waals surface area contributed by atoms with Crippen LogP contribution in [-0.4, -0.2) is 13.2 Å². The number of anilines is 1. The summed E-state index contributed by atoms with van der Waals surface area (Å²) in [6.07, 6.45) is 3.91. The molecule has 2 fully saturated rings. The van der Waals surface area contributed by atoms with E-state index in [9.17, 15) is 4.39 Å². The van der Waals surface area contributed by atoms with Gasteiger partial charge in [-0.2, -0.15) is 0 Å². The van der Waals surface area contributed by atoms with Crippen molar-refractivity contribution in [1.29, 1.82) is 0 Å². The third-order valence-corrected chi connectivity index (χ3v) is 5.73. The fraction of sp³-hybridized carbons (Fsp3) is 0.647. The molecular formula is C17H24FNO. The Hall–Kier alpha value is -1.25. The normalized spacial score (nSPS) is 34.2. The number of fused-ring (bicyclic) bond motifs is 2. The van der Waals surface area contributed by atoms with Crippen LogP contribution < -0.4 is 10.1 Å². The van der Waals surface area contributed by atoms with Crippen molar-refractivity contribution in [3.63, 3.8) is 0 Å². The summed E-state index contributed by atoms with van der Waals surface area (Å²) in [7, 11) is 1.59. The van der Waals surface area contributed by atoms with E-state index in [0.29, 0.717) is 17.2 Å². The van der Waals surface area contributed by atoms with Crippen LogP contribution in [0.4, 0.5) is 10.1 Å². The first-order valence-corrected chi connectivity index (χ1v) is 7.47. The van der Waals surface area contributed by atoms with E-state index < -0.39 is 0 Å². The van der Waals surface area contributed by atoms with Gasteiger partial charge in [0.05, 0.1) is 12.8 Å². The molecule has 0 spiro atoms. The number of hydrogen-bond acceptors (Lipinski definition) is 2. The number of benzene rings is 1. The molecule has 20 heavy (non-hydrogen) atoms. The second-order valence-corrected chi connectivity index (χ2v) is 7.34. The van der Waals surface area contributed by atoms with Gasteiger partial charge in [-0.05, 0) is 48.1 Å². The van der Waals surface area contributed by atoms with Crippen LogP contribution in [0.1, 0.15) is 40.0 Å². The maximum atomic E-state index is 13.3. The number of rotatable bonds is 3. The van der Waals surface area contributed by atoms with E-state index in [4.69, 9.17) is 4.74 Å². The van der Waals surface area contributed by atoms with Crippen molar-refractivity contribution < 1.29 is 9.13 Å². The lowest BCUT2D eigenvalue weighted by Crippen LogP contribution is -2.45. The predicted molar refractivity (Wildman–Crippen MR) is 79.6 cm³/mol. The number of nitrogens with one attached hydrogen (secondary N) is 1. The predicted octanol–water partition coefficient (Wildman–Crippen LogP) is 4.46. The third-order valence-electron chi connectivity index (χ3n) is 5.73. The molecule has 3 rings (SSSR count). The van der Waals surface area contributed by atoms with Crippen LogP contribution in [0.25, 0.3) is 0 Å². The first kappa shape index (κ1) is 13.7. The van der Waals surface area contributed by atoms with E-state index >= 15 is 0 Å². The monoisotopic (exact) mass is 277 g/mol. The van der Waals surface area contributed by atoms with Crippen molar-refractivity contribution in [3.05, 3.63) is 24.0 Å². The molecule has 2 bridgehead atoms. The number of ether oxygens (including phenoxy) is 1. The van der Waals surface area contributed by atoms with Crippen LogP contribution in [0.15, 0.2) is 18.2 Å². The van der Waals surface area contributed by atoms with Gasteiger partial charge in [-0.15, -0.1) is 0 Å². The summed E-state index contributed by atoms with van der Waals surface area (Å²) in [5, 5.41) is 3.66. The molecule has 0 amide bonds. The zero-order valence-corrected chi connectivity index (χ0v) is 12.8. The Bertz CT molecular complexity index is 523. The van der Waals surface area contributed by atoms with Gasteiger partial charge in [0, 0.05) is 12.1 Å². The molecule has 2 aliphatic rings. The van der Waals surface area contributed by atoms with Crippen molar-refractivity contribution in [2.75, 3.05) is 12.4 Å². The summed E-state index contributed by atoms with van der Waals surface area (Å²) in [5.41, 5.74) is 1.51. The molecule has 1 unspecified atom stereocenters. The lowest BCUT2D eigenvalue weighted by atomic mass is 9.68. The standard InChI is InChI=1S/C17H24FNO/c1-16(2)11-7-8-17(3,10-11)15(16)19-13-6-5-12(18)9-14(13)20-4/h5-6,9,11,15,19H,7-8,10H2,1-4H3/t11-,15?,17+/m0/s1. The average Bonchev–Trinajstić information content (AvgIpc) is 2.87. The van der Waals surface area contributed by atoms with Crippen molar-refractivity contribution in [2.45, 2.75) is 46.1 Å². The molecule has 1 aromatic carbocycles. The Labute approximate surface area is 120 Å². The van der Waals surface area contributed by atoms with Crippen molar-refractivity contribution in [1.82, 2.24) is 0 Å². The van der Waals surface area contributed by atoms with Crippen LogP contribution in [-0.2, 0) is 0 Å². The van der Waals surface area contributed by atoms with E-state index in [1.807, 2.05) is 0 Å². The van der Waals surface area contributed by atoms with Gasteiger partial charge in [0.1, 0.15) is 11.6 Å². The van der Waals surface area contributed by atoms with Gasteiger partial charge in [0.15, 0.2) is 0 Å². The van der Waals surface area contributed by atoms with Crippen molar-refractivity contribution in [3.8, 4) is 5.75 Å². The molecular weight excluding hydrogens is 253 g/mol. The number of halogens is 1. The zero-order valence-electron chi connectivity index (χ0n) is 12.8. The minimum Gasteiger partial charge on any atom is -0.494 e. The second kappa shape index (κ2) is 4.37. The molecule has 0 saturated heterocycles. The summed E-state index contributed by atoms with van der Waals surface area (Å²) in [6.45, 7) is 7.10. The molecule has 110 valence electrons. The van der Waals surface area contributed by atoms with Gasteiger partial charge >= 0.3 is 0 Å². The van der Waals surface area contributed by atoms with E-state index in [0.717, 1.165) is 11.6 Å². The highest BCUT2D eigenvalue weighted by molar-refractivity contribution is 5.58. The van der Waals surface area contributed by atoms with E-state index in [2.05, 4.69) is 26.1 Å². The molecule has 0 aliphatic heterocycles. The lowest BCUT2D eigenvalue weighted by Gasteiger charge is -2.43. The highest BCUT2D eigenvalue weighted by Crippen LogP contribution is 2.63. The van der Waals surface area contributed by atoms with Crippen LogP contribution >= 0.6 is 0 Å². The van der Waals surface area contributed by atoms with Gasteiger partial charge < -0.3 is 10.1 Å². The van der Waals surface area contributed by atoms with Crippen LogP contribution in [0.5, 0.6) is 5.75 Å². The molecule has 2 nitrogen and oxygen atoms in total. The Kier molecular flexibility index (Phi) is 3.00. The quantitative estimate of drug-likeness (QED) is 0.880. The van der Waals surface area contributed by atoms with Crippen molar-refractivity contribution in [2.24, 2.45) is 16.7 Å². The Morgan fingerprint density at radius 3 is 2.65 bits per heavy atom. The van der Waals surface area contributed by atoms with E-state index in [-0.39, 0.29) is 11.2 Å². The molecule has 1 aromatic rings. The SMILES string of the molecule is COc1cc(F)ccc1NC1C(C)(C)[C@H]2CC[C@]1(C)C2. The lowest BCUT2D eigenvalue weighted by molar-refractivity contribution is 0.155. The Balaban J connectivity index is 1.91. The number of hydrogen-bond donors (Lipinski definition) is 1. The van der Waals surface area contributed by atoms with E-state index in [1.165, 1.54) is 31.4 Å². The summed E-state index contributed by atoms with van der Waals surface area (Å²) in [4.78, 5) is 0. The van der Waals surface area contributed by atoms with E-state index in [1.54, 1.807) is 13.2 Å². The average molecular weight is 277 g/mol. The van der Waals surface area contributed by atoms with Gasteiger partial charge in [-0.3, -0.25) is 0 Å². The smallest absolute Gasteiger partial charge is 0.144 e. The Morgan fingerprint density at radius 2 is 2.05 bits per heavy atom. The van der Waals surface area contributed by atoms with Crippen LogP contribution in [0.3, 0.4) is 0 Å². The van der Waals surface area contributed by atoms with Crippen LogP contribution in [0.2, 0.25) is 0 Å². The van der Waals surface area contributed by atoms with Crippen LogP contribution in [0, 0.1) is 22.6 Å². The molecule has 2 aliphatic carbocycles. The fourth-order valence-electron chi connectivity index (χ4n) is 4.60. The van der Waals surface area contributed by atoms with Gasteiger partial charge in [0.2, 0.25) is 0 Å². The fourth-order valence-corrected chi connectivity index (χ4v) is 4.60. The summed E-state index contributed by atoms with van der Waals surface area (Å²) < 4.78 is 18.6. The minimum absolute atomic E-state index is 0.259. The molecule has 3 heteroatoms. The Morgan fingerprint density at radius 1 is 1.30 bits per heavy atom. The molecule has 1 N–H and O–H groups in total. The highest BCUT2D eigenvalue weighted by Gasteiger charge is 2.59. The minimum atomic E-state index is -0.259. The van der Waals surface area contributed by atoms with Gasteiger partial charge in [0.25, 0.3) is 0 Å². The largest absolute Gasteiger partial charge is 0.494 e. The summed E-state index contributed by atoms with van der Waals surface area (Å²) >= 11 is 0. The highest BCUT2D eigenvalue weighted by atomic mass is 19.1. The first-order valence-electron chi connectivity index (χ1n) is 7.47. The third kappa shape index (κ3) is 1.90. The summed E-state index contributed by atoms with van der Waals surface area (Å²) in [5.74, 6) is 1.12. The second-order valence-electron chi connectivity index (χ2n) is 7.34. The van der Waals surface area contributed by atoms with Gasteiger partial charge in [-0.1, -0.05) is 20.8 Å². The molecule has 0 radical (unpaired) electrons. The molecule has 0 heterocycles. The molecule has 2 saturated carbocycles. The molecule has 3 atom stereocenters. The topological polar surface area (TPSA) is 21.3 Å². The number of methoxy groups -OCH3 is 1. The van der Waals surface area contributed by atoms with Crippen molar-refractivity contribution >= 4 is 5.69 Å². The molecule has 0 aromatic heterocycles. The van der Waals surface area contributed by atoms with Gasteiger partial charge in [-0.25, -0.2) is 4.39 Å². The zero-order chi connectivity index (χ0) is 14.5. The maximum absolute atomic E-state index is 13.3. The maximum Gasteiger partial charge on any atom is 0.144 e. The summed E-state index contributed by atoms with van der Waals surface area (Å²) in [6, 6.07) is 5.14. The first-order chi connectivity index (χ1) is 9.37.